The molecule has 3 N–H and O–H groups in total. The molecule has 0 heterocycles. The van der Waals surface area contributed by atoms with Crippen LogP contribution in [0.5, 0.6) is 0 Å². The maximum atomic E-state index is 12.2. The zero-order valence-electron chi connectivity index (χ0n) is 15.7. The van der Waals surface area contributed by atoms with Crippen LogP contribution in [0.1, 0.15) is 15.9 Å². The Morgan fingerprint density at radius 1 is 0.889 bits per heavy atom. The van der Waals surface area contributed by atoms with Crippen molar-refractivity contribution in [2.24, 2.45) is 0 Å². The predicted octanol–water partition coefficient (Wildman–Crippen LogP) is 1.86. The number of likely N-dealkylation sites (N-methyl/N-ethyl adjacent to an activating group) is 1. The van der Waals surface area contributed by atoms with E-state index in [4.69, 9.17) is 0 Å². The molecule has 0 aliphatic heterocycles. The summed E-state index contributed by atoms with van der Waals surface area (Å²) >= 11 is 0. The summed E-state index contributed by atoms with van der Waals surface area (Å²) in [4.78, 5) is 37.5. The molecule has 0 bridgehead atoms. The van der Waals surface area contributed by atoms with Gasteiger partial charge in [0.2, 0.25) is 11.8 Å². The van der Waals surface area contributed by atoms with Crippen molar-refractivity contribution in [3.05, 3.63) is 59.7 Å². The second-order valence-electron chi connectivity index (χ2n) is 6.29. The molecule has 0 spiro atoms. The smallest absolute Gasteiger partial charge is 0.251 e. The van der Waals surface area contributed by atoms with E-state index in [1.165, 1.54) is 0 Å². The highest BCUT2D eigenvalue weighted by Gasteiger charge is 2.12. The van der Waals surface area contributed by atoms with Gasteiger partial charge in [-0.3, -0.25) is 19.3 Å². The highest BCUT2D eigenvalue weighted by Crippen LogP contribution is 2.11. The van der Waals surface area contributed by atoms with E-state index in [1.807, 2.05) is 31.2 Å². The van der Waals surface area contributed by atoms with Crippen molar-refractivity contribution in [1.82, 2.24) is 10.2 Å². The van der Waals surface area contributed by atoms with Gasteiger partial charge in [0, 0.05) is 24.0 Å². The van der Waals surface area contributed by atoms with E-state index in [0.29, 0.717) is 11.3 Å². The molecule has 27 heavy (non-hydrogen) atoms. The van der Waals surface area contributed by atoms with Crippen LogP contribution in [0.3, 0.4) is 0 Å². The van der Waals surface area contributed by atoms with Crippen LogP contribution in [0.15, 0.2) is 48.5 Å². The van der Waals surface area contributed by atoms with Gasteiger partial charge < -0.3 is 16.0 Å². The van der Waals surface area contributed by atoms with E-state index < -0.39 is 0 Å². The van der Waals surface area contributed by atoms with E-state index in [9.17, 15) is 14.4 Å². The number of hydrogen-bond acceptors (Lipinski definition) is 4. The van der Waals surface area contributed by atoms with E-state index in [0.717, 1.165) is 11.3 Å². The van der Waals surface area contributed by atoms with Gasteiger partial charge in [0.05, 0.1) is 13.1 Å². The molecule has 2 aromatic carbocycles. The van der Waals surface area contributed by atoms with E-state index >= 15 is 0 Å². The average Bonchev–Trinajstić information content (AvgIpc) is 2.62. The molecule has 0 aromatic heterocycles. The average molecular weight is 368 g/mol. The van der Waals surface area contributed by atoms with Gasteiger partial charge in [-0.1, -0.05) is 23.8 Å². The number of aryl methyl sites for hydroxylation is 1. The Kier molecular flexibility index (Phi) is 7.08. The summed E-state index contributed by atoms with van der Waals surface area (Å²) < 4.78 is 0. The minimum Gasteiger partial charge on any atom is -0.355 e. The van der Waals surface area contributed by atoms with Crippen LogP contribution in [0, 0.1) is 6.92 Å². The van der Waals surface area contributed by atoms with Crippen molar-refractivity contribution in [1.29, 1.82) is 0 Å². The van der Waals surface area contributed by atoms with Gasteiger partial charge in [0.15, 0.2) is 0 Å². The third-order valence-electron chi connectivity index (χ3n) is 3.80. The number of nitrogens with one attached hydrogen (secondary N) is 3. The van der Waals surface area contributed by atoms with Gasteiger partial charge in [-0.15, -0.1) is 0 Å². The van der Waals surface area contributed by atoms with Crippen molar-refractivity contribution in [3.8, 4) is 0 Å². The van der Waals surface area contributed by atoms with E-state index in [1.54, 1.807) is 43.3 Å². The molecule has 7 nitrogen and oxygen atoms in total. The van der Waals surface area contributed by atoms with Crippen LogP contribution in [-0.2, 0) is 9.59 Å². The lowest BCUT2D eigenvalue weighted by molar-refractivity contribution is -0.119. The Labute approximate surface area is 158 Å². The van der Waals surface area contributed by atoms with Crippen molar-refractivity contribution in [3.63, 3.8) is 0 Å². The van der Waals surface area contributed by atoms with Crippen LogP contribution >= 0.6 is 0 Å². The molecule has 0 saturated carbocycles. The SMILES string of the molecule is CNC(=O)c1cccc(NC(=O)CN(C)CC(=O)Nc2ccc(C)cc2)c1. The number of carbonyl (C=O) groups excluding carboxylic acids is 3. The number of amides is 3. The Morgan fingerprint density at radius 3 is 2.07 bits per heavy atom. The normalized spacial score (nSPS) is 10.4. The first-order valence-corrected chi connectivity index (χ1v) is 8.54. The number of rotatable bonds is 7. The first-order valence-electron chi connectivity index (χ1n) is 8.54. The standard InChI is InChI=1S/C20H24N4O3/c1-14-7-9-16(10-8-14)22-18(25)12-24(3)13-19(26)23-17-6-4-5-15(11-17)20(27)21-2/h4-11H,12-13H2,1-3H3,(H,21,27)(H,22,25)(H,23,26). The number of benzene rings is 2. The van der Waals surface area contributed by atoms with Crippen molar-refractivity contribution < 1.29 is 14.4 Å². The fraction of sp³-hybridized carbons (Fsp3) is 0.250. The second kappa shape index (κ2) is 9.49. The monoisotopic (exact) mass is 368 g/mol. The molecule has 0 radical (unpaired) electrons. The van der Waals surface area contributed by atoms with Crippen LogP contribution in [0.25, 0.3) is 0 Å². The predicted molar refractivity (Wildman–Crippen MR) is 106 cm³/mol. The van der Waals surface area contributed by atoms with Crippen molar-refractivity contribution in [2.45, 2.75) is 6.92 Å². The van der Waals surface area contributed by atoms with E-state index in [-0.39, 0.29) is 30.8 Å². The maximum Gasteiger partial charge on any atom is 0.251 e. The Hall–Kier alpha value is -3.19. The van der Waals surface area contributed by atoms with Gasteiger partial charge in [0.1, 0.15) is 0 Å². The highest BCUT2D eigenvalue weighted by atomic mass is 16.2. The molecular formula is C20H24N4O3. The molecule has 142 valence electrons. The van der Waals surface area contributed by atoms with Crippen LogP contribution in [0.4, 0.5) is 11.4 Å². The van der Waals surface area contributed by atoms with Gasteiger partial charge >= 0.3 is 0 Å². The van der Waals surface area contributed by atoms with Gasteiger partial charge in [0.25, 0.3) is 5.91 Å². The minimum absolute atomic E-state index is 0.0471. The van der Waals surface area contributed by atoms with Gasteiger partial charge in [-0.2, -0.15) is 0 Å². The zero-order chi connectivity index (χ0) is 19.8. The molecule has 0 atom stereocenters. The van der Waals surface area contributed by atoms with Crippen LogP contribution in [0.2, 0.25) is 0 Å². The summed E-state index contributed by atoms with van der Waals surface area (Å²) in [5.41, 5.74) is 2.82. The van der Waals surface area contributed by atoms with Gasteiger partial charge in [-0.25, -0.2) is 0 Å². The largest absolute Gasteiger partial charge is 0.355 e. The van der Waals surface area contributed by atoms with Crippen LogP contribution in [-0.4, -0.2) is 49.8 Å². The molecule has 0 aliphatic carbocycles. The summed E-state index contributed by atoms with van der Waals surface area (Å²) in [7, 11) is 3.24. The zero-order valence-corrected chi connectivity index (χ0v) is 15.7. The Morgan fingerprint density at radius 2 is 1.48 bits per heavy atom. The second-order valence-corrected chi connectivity index (χ2v) is 6.29. The molecule has 0 unspecified atom stereocenters. The molecule has 0 aliphatic rings. The summed E-state index contributed by atoms with van der Waals surface area (Å²) in [6.07, 6.45) is 0. The number of anilines is 2. The number of nitrogens with zero attached hydrogens (tertiary/aromatic N) is 1. The molecule has 3 amide bonds. The fourth-order valence-electron chi connectivity index (χ4n) is 2.47. The van der Waals surface area contributed by atoms with Gasteiger partial charge in [-0.05, 0) is 44.3 Å². The lowest BCUT2D eigenvalue weighted by Crippen LogP contribution is -2.36. The van der Waals surface area contributed by atoms with Crippen molar-refractivity contribution in [2.75, 3.05) is 37.8 Å². The molecule has 0 saturated heterocycles. The lowest BCUT2D eigenvalue weighted by atomic mass is 10.2. The minimum atomic E-state index is -0.269. The Balaban J connectivity index is 1.83. The summed E-state index contributed by atoms with van der Waals surface area (Å²) in [5.74, 6) is -0.693. The molecule has 0 fully saturated rings. The van der Waals surface area contributed by atoms with Crippen LogP contribution < -0.4 is 16.0 Å². The third kappa shape index (κ3) is 6.56. The number of carbonyl (C=O) groups is 3. The van der Waals surface area contributed by atoms with E-state index in [2.05, 4.69) is 16.0 Å². The topological polar surface area (TPSA) is 90.5 Å². The first kappa shape index (κ1) is 20.1. The lowest BCUT2D eigenvalue weighted by Gasteiger charge is -2.16. The summed E-state index contributed by atoms with van der Waals surface area (Å²) in [5, 5.41) is 8.06. The third-order valence-corrected chi connectivity index (χ3v) is 3.80. The summed E-state index contributed by atoms with van der Waals surface area (Å²) in [6, 6.07) is 14.2. The fourth-order valence-corrected chi connectivity index (χ4v) is 2.47. The molecule has 2 aromatic rings. The summed E-state index contributed by atoms with van der Waals surface area (Å²) in [6.45, 7) is 2.10. The maximum absolute atomic E-state index is 12.2. The Bertz CT molecular complexity index is 818. The first-order chi connectivity index (χ1) is 12.9. The molecular weight excluding hydrogens is 344 g/mol. The quantitative estimate of drug-likeness (QED) is 0.696. The number of hydrogen-bond donors (Lipinski definition) is 3. The molecule has 2 rings (SSSR count). The highest BCUT2D eigenvalue weighted by molar-refractivity contribution is 5.98. The van der Waals surface area contributed by atoms with Crippen molar-refractivity contribution >= 4 is 29.1 Å². The molecule has 7 heteroatoms.